The molecule has 1 atom stereocenters. The van der Waals surface area contributed by atoms with Gasteiger partial charge in [-0.2, -0.15) is 13.2 Å². The molecule has 138 valence electrons. The predicted molar refractivity (Wildman–Crippen MR) is 86.0 cm³/mol. The molecular weight excluding hydrogens is 345 g/mol. The molecule has 0 radical (unpaired) electrons. The van der Waals surface area contributed by atoms with Crippen LogP contribution in [-0.2, 0) is 4.74 Å². The Hall–Kier alpha value is -0.960. The summed E-state index contributed by atoms with van der Waals surface area (Å²) in [6, 6.07) is -0.0513. The minimum Gasteiger partial charge on any atom is -0.444 e. The SMILES string of the molecule is CC(C)(C)OC(=O)N[C@H]1CC[C@H](C2=NC(O)(C(F)(F)F)CS2)CC1. The summed E-state index contributed by atoms with van der Waals surface area (Å²) >= 11 is 0.974. The molecule has 0 bridgehead atoms. The highest BCUT2D eigenvalue weighted by molar-refractivity contribution is 8.14. The first-order chi connectivity index (χ1) is 10.9. The van der Waals surface area contributed by atoms with Crippen LogP contribution in [0.5, 0.6) is 0 Å². The first kappa shape index (κ1) is 19.4. The first-order valence-corrected chi connectivity index (χ1v) is 8.89. The van der Waals surface area contributed by atoms with E-state index in [0.717, 1.165) is 11.8 Å². The molecule has 1 saturated carbocycles. The predicted octanol–water partition coefficient (Wildman–Crippen LogP) is 3.47. The molecule has 24 heavy (non-hydrogen) atoms. The second kappa shape index (κ2) is 6.74. The summed E-state index contributed by atoms with van der Waals surface area (Å²) < 4.78 is 43.6. The number of aliphatic imine (C=N–C) groups is 1. The van der Waals surface area contributed by atoms with E-state index in [4.69, 9.17) is 4.74 Å². The minimum atomic E-state index is -4.75. The van der Waals surface area contributed by atoms with Crippen LogP contribution in [0, 0.1) is 5.92 Å². The zero-order valence-corrected chi connectivity index (χ0v) is 14.8. The smallest absolute Gasteiger partial charge is 0.439 e. The third kappa shape index (κ3) is 4.78. The van der Waals surface area contributed by atoms with Crippen molar-refractivity contribution in [3.63, 3.8) is 0 Å². The van der Waals surface area contributed by atoms with E-state index < -0.39 is 29.3 Å². The van der Waals surface area contributed by atoms with E-state index in [2.05, 4.69) is 10.3 Å². The molecule has 2 N–H and O–H groups in total. The van der Waals surface area contributed by atoms with Gasteiger partial charge >= 0.3 is 12.3 Å². The number of hydrogen-bond acceptors (Lipinski definition) is 5. The van der Waals surface area contributed by atoms with E-state index >= 15 is 0 Å². The quantitative estimate of drug-likeness (QED) is 0.783. The third-order valence-corrected chi connectivity index (χ3v) is 5.24. The number of carbonyl (C=O) groups excluding carboxylic acids is 1. The van der Waals surface area contributed by atoms with Crippen LogP contribution < -0.4 is 5.32 Å². The van der Waals surface area contributed by atoms with E-state index in [1.54, 1.807) is 20.8 Å². The van der Waals surface area contributed by atoms with Crippen molar-refractivity contribution >= 4 is 22.9 Å². The summed E-state index contributed by atoms with van der Waals surface area (Å²) in [4.78, 5) is 15.3. The molecular formula is C15H23F3N2O3S. The maximum atomic E-state index is 12.8. The maximum absolute atomic E-state index is 12.8. The number of amides is 1. The number of ether oxygens (including phenoxy) is 1. The molecule has 1 unspecified atom stereocenters. The van der Waals surface area contributed by atoms with Gasteiger partial charge < -0.3 is 15.2 Å². The lowest BCUT2D eigenvalue weighted by atomic mass is 9.86. The number of halogens is 3. The second-order valence-corrected chi connectivity index (χ2v) is 8.24. The molecule has 1 fully saturated rings. The zero-order valence-electron chi connectivity index (χ0n) is 13.9. The van der Waals surface area contributed by atoms with E-state index in [-0.39, 0.29) is 12.0 Å². The Kier molecular flexibility index (Phi) is 5.44. The lowest BCUT2D eigenvalue weighted by Crippen LogP contribution is -2.44. The van der Waals surface area contributed by atoms with Gasteiger partial charge in [0.05, 0.1) is 10.8 Å². The average Bonchev–Trinajstić information content (AvgIpc) is 2.81. The fourth-order valence-corrected chi connectivity index (χ4v) is 4.00. The van der Waals surface area contributed by atoms with Crippen LogP contribution in [0.3, 0.4) is 0 Å². The molecule has 1 amide bonds. The summed E-state index contributed by atoms with van der Waals surface area (Å²) in [5.41, 5.74) is -3.53. The van der Waals surface area contributed by atoms with Gasteiger partial charge in [0.1, 0.15) is 5.60 Å². The zero-order chi connectivity index (χ0) is 18.2. The van der Waals surface area contributed by atoms with Gasteiger partial charge in [0.2, 0.25) is 0 Å². The highest BCUT2D eigenvalue weighted by Crippen LogP contribution is 2.43. The van der Waals surface area contributed by atoms with Crippen LogP contribution in [-0.4, -0.2) is 45.5 Å². The summed E-state index contributed by atoms with van der Waals surface area (Å²) in [6.45, 7) is 5.34. The van der Waals surface area contributed by atoms with Gasteiger partial charge in [0, 0.05) is 12.0 Å². The Bertz CT molecular complexity index is 511. The highest BCUT2D eigenvalue weighted by Gasteiger charge is 2.57. The van der Waals surface area contributed by atoms with E-state index in [9.17, 15) is 23.1 Å². The Labute approximate surface area is 143 Å². The van der Waals surface area contributed by atoms with Crippen LogP contribution in [0.2, 0.25) is 0 Å². The summed E-state index contributed by atoms with van der Waals surface area (Å²) in [6.07, 6.45) is -2.69. The topological polar surface area (TPSA) is 70.9 Å². The monoisotopic (exact) mass is 368 g/mol. The van der Waals surface area contributed by atoms with Gasteiger partial charge in [-0.25, -0.2) is 9.79 Å². The van der Waals surface area contributed by atoms with Crippen LogP contribution in [0.1, 0.15) is 46.5 Å². The van der Waals surface area contributed by atoms with Gasteiger partial charge in [-0.15, -0.1) is 11.8 Å². The van der Waals surface area contributed by atoms with E-state index in [0.29, 0.717) is 30.7 Å². The molecule has 1 heterocycles. The van der Waals surface area contributed by atoms with Crippen LogP contribution in [0.4, 0.5) is 18.0 Å². The van der Waals surface area contributed by atoms with Crippen molar-refractivity contribution in [2.45, 2.75) is 70.0 Å². The van der Waals surface area contributed by atoms with Crippen molar-refractivity contribution in [3.05, 3.63) is 0 Å². The van der Waals surface area contributed by atoms with E-state index in [1.165, 1.54) is 0 Å². The number of nitrogens with zero attached hydrogens (tertiary/aromatic N) is 1. The van der Waals surface area contributed by atoms with Crippen molar-refractivity contribution < 1.29 is 27.8 Å². The Balaban J connectivity index is 1.86. The molecule has 0 aromatic rings. The lowest BCUT2D eigenvalue weighted by molar-refractivity contribution is -0.245. The summed E-state index contributed by atoms with van der Waals surface area (Å²) in [5, 5.41) is 12.8. The molecule has 2 aliphatic rings. The minimum absolute atomic E-state index is 0.0513. The number of carbonyl (C=O) groups is 1. The summed E-state index contributed by atoms with van der Waals surface area (Å²) in [7, 11) is 0. The van der Waals surface area contributed by atoms with Gasteiger partial charge in [0.25, 0.3) is 5.72 Å². The lowest BCUT2D eigenvalue weighted by Gasteiger charge is -2.30. The number of aliphatic hydroxyl groups is 1. The van der Waals surface area contributed by atoms with Crippen molar-refractivity contribution in [1.29, 1.82) is 0 Å². The Morgan fingerprint density at radius 3 is 2.33 bits per heavy atom. The Morgan fingerprint density at radius 1 is 1.29 bits per heavy atom. The first-order valence-electron chi connectivity index (χ1n) is 7.91. The highest BCUT2D eigenvalue weighted by atomic mass is 32.2. The normalized spacial score (nSPS) is 31.5. The van der Waals surface area contributed by atoms with Crippen molar-refractivity contribution in [2.75, 3.05) is 5.75 Å². The molecule has 5 nitrogen and oxygen atoms in total. The number of alkyl halides is 3. The van der Waals surface area contributed by atoms with Crippen molar-refractivity contribution in [1.82, 2.24) is 5.32 Å². The molecule has 9 heteroatoms. The molecule has 0 spiro atoms. The standard InChI is InChI=1S/C15H23F3N2O3S/c1-13(2,3)23-12(21)19-10-6-4-9(5-7-10)11-20-14(22,8-24-11)15(16,17)18/h9-10,22H,4-8H2,1-3H3,(H,19,21)/t9-,10-,14?. The number of hydrogen-bond donors (Lipinski definition) is 2. The molecule has 2 rings (SSSR count). The van der Waals surface area contributed by atoms with Gasteiger partial charge in [-0.05, 0) is 46.5 Å². The molecule has 0 aromatic carbocycles. The summed E-state index contributed by atoms with van der Waals surface area (Å²) in [5.74, 6) is -0.579. The fourth-order valence-electron chi connectivity index (χ4n) is 2.73. The molecule has 1 aliphatic carbocycles. The van der Waals surface area contributed by atoms with Crippen molar-refractivity contribution in [2.24, 2.45) is 10.9 Å². The van der Waals surface area contributed by atoms with E-state index in [1.807, 2.05) is 0 Å². The third-order valence-electron chi connectivity index (χ3n) is 3.97. The van der Waals surface area contributed by atoms with Gasteiger partial charge in [-0.3, -0.25) is 0 Å². The average molecular weight is 368 g/mol. The molecule has 1 aliphatic heterocycles. The number of thioether (sulfide) groups is 1. The Morgan fingerprint density at radius 2 is 1.88 bits per heavy atom. The van der Waals surface area contributed by atoms with Gasteiger partial charge in [-0.1, -0.05) is 0 Å². The number of alkyl carbamates (subject to hydrolysis) is 1. The van der Waals surface area contributed by atoms with Crippen molar-refractivity contribution in [3.8, 4) is 0 Å². The number of rotatable bonds is 2. The largest absolute Gasteiger partial charge is 0.444 e. The fraction of sp³-hybridized carbons (Fsp3) is 0.867. The van der Waals surface area contributed by atoms with Crippen LogP contribution in [0.25, 0.3) is 0 Å². The van der Waals surface area contributed by atoms with Crippen LogP contribution in [0.15, 0.2) is 4.99 Å². The van der Waals surface area contributed by atoms with Crippen LogP contribution >= 0.6 is 11.8 Å². The second-order valence-electron chi connectivity index (χ2n) is 7.25. The van der Waals surface area contributed by atoms with Gasteiger partial charge in [0.15, 0.2) is 0 Å². The molecule has 0 aromatic heterocycles. The molecule has 0 saturated heterocycles. The maximum Gasteiger partial charge on any atom is 0.439 e. The number of nitrogens with one attached hydrogen (secondary N) is 1.